The van der Waals surface area contributed by atoms with Gasteiger partial charge < -0.3 is 4.57 Å². The molecule has 1 unspecified atom stereocenters. The van der Waals surface area contributed by atoms with Crippen LogP contribution < -0.4 is 5.01 Å². The Kier molecular flexibility index (Phi) is 6.93. The number of anilines is 1. The van der Waals surface area contributed by atoms with E-state index in [9.17, 15) is 18.4 Å². The number of hydrazone groups is 1. The molecule has 0 radical (unpaired) electrons. The van der Waals surface area contributed by atoms with Crippen molar-refractivity contribution in [1.82, 2.24) is 4.57 Å². The lowest BCUT2D eigenvalue weighted by atomic mass is 9.92. The lowest BCUT2D eigenvalue weighted by Gasteiger charge is -2.16. The van der Waals surface area contributed by atoms with E-state index >= 15 is 0 Å². The number of fused-ring (bicyclic) bond motifs is 1. The average molecular weight is 514 g/mol. The first-order valence-electron chi connectivity index (χ1n) is 12.8. The molecule has 1 aliphatic heterocycles. The quantitative estimate of drug-likeness (QED) is 0.239. The molecule has 2 heterocycles. The van der Waals surface area contributed by atoms with Gasteiger partial charge in [-0.15, -0.1) is 0 Å². The number of carbonyl (C=O) groups excluding carboxylic acids is 2. The Morgan fingerprint density at radius 1 is 0.974 bits per heavy atom. The summed E-state index contributed by atoms with van der Waals surface area (Å²) in [6, 6.07) is 23.8. The van der Waals surface area contributed by atoms with Crippen molar-refractivity contribution < 1.29 is 18.4 Å². The molecule has 194 valence electrons. The van der Waals surface area contributed by atoms with Crippen LogP contribution in [-0.2, 0) is 34.9 Å². The summed E-state index contributed by atoms with van der Waals surface area (Å²) >= 11 is 0. The first-order valence-corrected chi connectivity index (χ1v) is 12.8. The summed E-state index contributed by atoms with van der Waals surface area (Å²) in [4.78, 5) is 26.5. The molecule has 7 heteroatoms. The maximum Gasteiger partial charge on any atom is 0.273 e. The van der Waals surface area contributed by atoms with Crippen molar-refractivity contribution in [2.45, 2.75) is 45.6 Å². The van der Waals surface area contributed by atoms with Gasteiger partial charge in [0.2, 0.25) is 0 Å². The van der Waals surface area contributed by atoms with Gasteiger partial charge >= 0.3 is 0 Å². The largest absolute Gasteiger partial charge is 0.347 e. The van der Waals surface area contributed by atoms with Gasteiger partial charge in [0.15, 0.2) is 5.78 Å². The zero-order chi connectivity index (χ0) is 26.9. The summed E-state index contributed by atoms with van der Waals surface area (Å²) in [6.07, 6.45) is 2.45. The van der Waals surface area contributed by atoms with E-state index in [4.69, 9.17) is 0 Å². The highest BCUT2D eigenvalue weighted by Crippen LogP contribution is 2.32. The van der Waals surface area contributed by atoms with Crippen molar-refractivity contribution >= 4 is 34.0 Å². The number of amides is 1. The van der Waals surface area contributed by atoms with E-state index in [-0.39, 0.29) is 24.2 Å². The van der Waals surface area contributed by atoms with Crippen LogP contribution in [0.4, 0.5) is 14.5 Å². The molecule has 1 aliphatic rings. The minimum Gasteiger partial charge on any atom is -0.347 e. The fourth-order valence-electron chi connectivity index (χ4n) is 4.93. The third-order valence-electron chi connectivity index (χ3n) is 7.11. The second kappa shape index (κ2) is 10.3. The molecule has 1 amide bonds. The monoisotopic (exact) mass is 513 g/mol. The van der Waals surface area contributed by atoms with E-state index in [1.54, 1.807) is 13.0 Å². The van der Waals surface area contributed by atoms with Crippen LogP contribution in [0.1, 0.15) is 37.0 Å². The minimum atomic E-state index is -2.96. The number of carbonyl (C=O) groups is 2. The predicted molar refractivity (Wildman–Crippen MR) is 146 cm³/mol. The van der Waals surface area contributed by atoms with Crippen LogP contribution in [0.15, 0.2) is 90.2 Å². The number of benzene rings is 3. The smallest absolute Gasteiger partial charge is 0.273 e. The Morgan fingerprint density at radius 3 is 2.50 bits per heavy atom. The summed E-state index contributed by atoms with van der Waals surface area (Å²) in [6.45, 7) is 3.86. The Labute approximate surface area is 220 Å². The van der Waals surface area contributed by atoms with Crippen molar-refractivity contribution in [3.8, 4) is 0 Å². The zero-order valence-corrected chi connectivity index (χ0v) is 21.4. The maximum absolute atomic E-state index is 14.2. The summed E-state index contributed by atoms with van der Waals surface area (Å²) < 4.78 is 30.4. The lowest BCUT2D eigenvalue weighted by Crippen LogP contribution is -2.33. The van der Waals surface area contributed by atoms with Crippen molar-refractivity contribution in [2.24, 2.45) is 11.0 Å². The van der Waals surface area contributed by atoms with Gasteiger partial charge in [-0.05, 0) is 54.1 Å². The van der Waals surface area contributed by atoms with Gasteiger partial charge in [-0.25, -0.2) is 8.78 Å². The van der Waals surface area contributed by atoms with Crippen LogP contribution in [-0.4, -0.2) is 22.0 Å². The van der Waals surface area contributed by atoms with Crippen molar-refractivity contribution in [3.63, 3.8) is 0 Å². The number of hydrogen-bond acceptors (Lipinski definition) is 3. The van der Waals surface area contributed by atoms with Gasteiger partial charge in [0.25, 0.3) is 11.8 Å². The molecule has 0 fully saturated rings. The van der Waals surface area contributed by atoms with Crippen molar-refractivity contribution in [1.29, 1.82) is 0 Å². The molecule has 38 heavy (non-hydrogen) atoms. The Balaban J connectivity index is 1.33. The summed E-state index contributed by atoms with van der Waals surface area (Å²) in [5, 5.41) is 6.75. The highest BCUT2D eigenvalue weighted by atomic mass is 19.3. The van der Waals surface area contributed by atoms with Gasteiger partial charge in [-0.1, -0.05) is 61.5 Å². The number of alkyl halides is 2. The van der Waals surface area contributed by atoms with E-state index in [1.165, 1.54) is 35.7 Å². The van der Waals surface area contributed by atoms with Crippen LogP contribution in [0.3, 0.4) is 0 Å². The van der Waals surface area contributed by atoms with Gasteiger partial charge in [0.1, 0.15) is 5.92 Å². The van der Waals surface area contributed by atoms with Gasteiger partial charge in [0, 0.05) is 31.1 Å². The van der Waals surface area contributed by atoms with E-state index in [0.29, 0.717) is 17.0 Å². The Bertz CT molecular complexity index is 1520. The number of Topliss-reactive ketones (excluding diaryl/α,β-unsaturated/α-hetero) is 1. The van der Waals surface area contributed by atoms with Crippen LogP contribution >= 0.6 is 0 Å². The standard InChI is InChI=1S/C31H29F2N3O2/c1-3-31(32,33)25-11-7-10-23(18-25)19-28(37)29-21(2)34-36(30(29)38)26-13-12-24-15-17-35(27(24)20-26)16-14-22-8-5-4-6-9-22/h4-13,15,17-18,20,29H,3,14,16,19H2,1-2H3. The summed E-state index contributed by atoms with van der Waals surface area (Å²) in [5.41, 5.74) is 3.53. The number of nitrogens with zero attached hydrogens (tertiary/aromatic N) is 3. The van der Waals surface area contributed by atoms with Crippen molar-refractivity contribution in [3.05, 3.63) is 102 Å². The third-order valence-corrected chi connectivity index (χ3v) is 7.11. The third kappa shape index (κ3) is 5.01. The number of hydrogen-bond donors (Lipinski definition) is 0. The molecule has 0 N–H and O–H groups in total. The number of aryl methyl sites for hydroxylation is 2. The molecule has 5 rings (SSSR count). The molecular formula is C31H29F2N3O2. The topological polar surface area (TPSA) is 54.7 Å². The molecule has 5 nitrogen and oxygen atoms in total. The number of rotatable bonds is 9. The van der Waals surface area contributed by atoms with Crippen LogP contribution in [0, 0.1) is 5.92 Å². The Morgan fingerprint density at radius 2 is 1.74 bits per heavy atom. The second-order valence-electron chi connectivity index (χ2n) is 9.71. The van der Waals surface area contributed by atoms with Gasteiger partial charge in [-0.3, -0.25) is 9.59 Å². The van der Waals surface area contributed by atoms with Gasteiger partial charge in [-0.2, -0.15) is 10.1 Å². The normalized spacial score (nSPS) is 15.8. The molecule has 3 aromatic carbocycles. The van der Waals surface area contributed by atoms with Crippen molar-refractivity contribution in [2.75, 3.05) is 5.01 Å². The molecular weight excluding hydrogens is 484 g/mol. The lowest BCUT2D eigenvalue weighted by molar-refractivity contribution is -0.128. The fraction of sp³-hybridized carbons (Fsp3) is 0.258. The highest BCUT2D eigenvalue weighted by molar-refractivity contribution is 6.27. The second-order valence-corrected chi connectivity index (χ2v) is 9.71. The van der Waals surface area contributed by atoms with E-state index in [0.717, 1.165) is 23.9 Å². The van der Waals surface area contributed by atoms with Crippen LogP contribution in [0.2, 0.25) is 0 Å². The molecule has 4 aromatic rings. The highest BCUT2D eigenvalue weighted by Gasteiger charge is 2.39. The molecule has 1 aromatic heterocycles. The van der Waals surface area contributed by atoms with Gasteiger partial charge in [0.05, 0.1) is 16.9 Å². The summed E-state index contributed by atoms with van der Waals surface area (Å²) in [7, 11) is 0. The van der Waals surface area contributed by atoms with E-state index in [1.807, 2.05) is 48.7 Å². The van der Waals surface area contributed by atoms with Crippen LogP contribution in [0.5, 0.6) is 0 Å². The predicted octanol–water partition coefficient (Wildman–Crippen LogP) is 6.54. The molecule has 0 saturated heterocycles. The maximum atomic E-state index is 14.2. The first kappa shape index (κ1) is 25.5. The number of ketones is 1. The number of halogens is 2. The summed E-state index contributed by atoms with van der Waals surface area (Å²) in [5.74, 6) is -4.79. The SMILES string of the molecule is CCC(F)(F)c1cccc(CC(=O)C2C(=O)N(c3ccc4ccn(CCc5ccccc5)c4c3)N=C2C)c1. The minimum absolute atomic E-state index is 0.119. The number of aromatic nitrogens is 1. The first-order chi connectivity index (χ1) is 18.3. The molecule has 0 saturated carbocycles. The van der Waals surface area contributed by atoms with E-state index in [2.05, 4.69) is 21.8 Å². The van der Waals surface area contributed by atoms with E-state index < -0.39 is 17.7 Å². The average Bonchev–Trinajstić information content (AvgIpc) is 3.47. The molecule has 0 aliphatic carbocycles. The molecule has 1 atom stereocenters. The molecule has 0 spiro atoms. The van der Waals surface area contributed by atoms with Crippen LogP contribution in [0.25, 0.3) is 10.9 Å². The zero-order valence-electron chi connectivity index (χ0n) is 21.4. The molecule has 0 bridgehead atoms. The Hall–Kier alpha value is -4.13. The fourth-order valence-corrected chi connectivity index (χ4v) is 4.93.